The minimum Gasteiger partial charge on any atom is -0.353 e. The Balaban J connectivity index is 1.42. The number of anilines is 1. The molecule has 148 valence electrons. The molecule has 1 saturated heterocycles. The van der Waals surface area contributed by atoms with Crippen molar-refractivity contribution in [1.82, 2.24) is 15.6 Å². The highest BCUT2D eigenvalue weighted by Crippen LogP contribution is 2.21. The molecule has 5 nitrogen and oxygen atoms in total. The largest absolute Gasteiger partial charge is 0.353 e. The van der Waals surface area contributed by atoms with Crippen molar-refractivity contribution in [3.8, 4) is 0 Å². The van der Waals surface area contributed by atoms with Crippen LogP contribution >= 0.6 is 0 Å². The molecular formula is C24H26N4O. The van der Waals surface area contributed by atoms with E-state index < -0.39 is 0 Å². The van der Waals surface area contributed by atoms with Gasteiger partial charge in [0, 0.05) is 44.0 Å². The van der Waals surface area contributed by atoms with E-state index in [0.29, 0.717) is 12.1 Å². The first-order valence-electron chi connectivity index (χ1n) is 10.0. The fraction of sp³-hybridized carbons (Fsp3) is 0.250. The Labute approximate surface area is 171 Å². The Hall–Kier alpha value is -3.18. The van der Waals surface area contributed by atoms with Crippen molar-refractivity contribution < 1.29 is 4.79 Å². The number of aryl methyl sites for hydroxylation is 1. The number of nitrogens with zero attached hydrogens (tertiary/aromatic N) is 2. The number of amides is 1. The number of hydrogen-bond donors (Lipinski definition) is 2. The zero-order valence-electron chi connectivity index (χ0n) is 16.6. The second-order valence-electron chi connectivity index (χ2n) is 7.43. The fourth-order valence-corrected chi connectivity index (χ4v) is 3.59. The smallest absolute Gasteiger partial charge is 0.251 e. The third-order valence-electron chi connectivity index (χ3n) is 5.28. The Morgan fingerprint density at radius 3 is 2.72 bits per heavy atom. The van der Waals surface area contributed by atoms with Crippen LogP contribution in [0.1, 0.15) is 33.1 Å². The highest BCUT2D eigenvalue weighted by atomic mass is 16.1. The van der Waals surface area contributed by atoms with Crippen molar-refractivity contribution >= 4 is 11.7 Å². The van der Waals surface area contributed by atoms with Gasteiger partial charge in [0.1, 0.15) is 5.82 Å². The summed E-state index contributed by atoms with van der Waals surface area (Å²) in [5.41, 5.74) is 4.20. The van der Waals surface area contributed by atoms with Gasteiger partial charge in [-0.15, -0.1) is 0 Å². The molecule has 1 amide bonds. The van der Waals surface area contributed by atoms with E-state index in [4.69, 9.17) is 0 Å². The van der Waals surface area contributed by atoms with E-state index in [1.54, 1.807) is 12.3 Å². The molecule has 3 aromatic rings. The van der Waals surface area contributed by atoms with Gasteiger partial charge in [-0.3, -0.25) is 4.79 Å². The van der Waals surface area contributed by atoms with E-state index in [2.05, 4.69) is 63.8 Å². The number of nitrogens with one attached hydrogen (secondary N) is 2. The molecule has 0 saturated carbocycles. The van der Waals surface area contributed by atoms with E-state index >= 15 is 0 Å². The molecule has 1 aliphatic heterocycles. The van der Waals surface area contributed by atoms with E-state index in [0.717, 1.165) is 31.0 Å². The number of carbonyl (C=O) groups excluding carboxylic acids is 1. The topological polar surface area (TPSA) is 57.3 Å². The zero-order chi connectivity index (χ0) is 20.1. The summed E-state index contributed by atoms with van der Waals surface area (Å²) in [7, 11) is 0. The molecule has 1 aliphatic rings. The van der Waals surface area contributed by atoms with Gasteiger partial charge in [0.15, 0.2) is 0 Å². The molecule has 0 unspecified atom stereocenters. The zero-order valence-corrected chi connectivity index (χ0v) is 16.6. The average Bonchev–Trinajstić information content (AvgIpc) is 2.79. The molecule has 4 rings (SSSR count). The minimum atomic E-state index is -0.0797. The number of piperazine rings is 1. The molecule has 0 aliphatic carbocycles. The summed E-state index contributed by atoms with van der Waals surface area (Å²) in [6, 6.07) is 22.5. The molecule has 1 atom stereocenters. The molecule has 5 heteroatoms. The number of hydrogen-bond acceptors (Lipinski definition) is 4. The van der Waals surface area contributed by atoms with Crippen LogP contribution in [0.5, 0.6) is 0 Å². The Morgan fingerprint density at radius 2 is 1.93 bits per heavy atom. The van der Waals surface area contributed by atoms with E-state index in [1.807, 2.05) is 24.3 Å². The summed E-state index contributed by atoms with van der Waals surface area (Å²) in [5.74, 6) is 0.763. The monoisotopic (exact) mass is 386 g/mol. The van der Waals surface area contributed by atoms with E-state index in [9.17, 15) is 4.79 Å². The average molecular weight is 386 g/mol. The van der Waals surface area contributed by atoms with Crippen LogP contribution in [0.3, 0.4) is 0 Å². The van der Waals surface area contributed by atoms with Gasteiger partial charge in [-0.1, -0.05) is 60.2 Å². The van der Waals surface area contributed by atoms with Crippen molar-refractivity contribution in [2.45, 2.75) is 19.5 Å². The van der Waals surface area contributed by atoms with Crippen LogP contribution in [-0.2, 0) is 6.54 Å². The second-order valence-corrected chi connectivity index (χ2v) is 7.43. The van der Waals surface area contributed by atoms with Crippen LogP contribution in [0.25, 0.3) is 0 Å². The van der Waals surface area contributed by atoms with Crippen LogP contribution in [0.15, 0.2) is 72.9 Å². The van der Waals surface area contributed by atoms with Crippen LogP contribution in [0.2, 0.25) is 0 Å². The van der Waals surface area contributed by atoms with Crippen LogP contribution in [0.4, 0.5) is 5.82 Å². The van der Waals surface area contributed by atoms with Crippen molar-refractivity contribution in [1.29, 1.82) is 0 Å². The Morgan fingerprint density at radius 1 is 1.14 bits per heavy atom. The standard InChI is InChI=1S/C24H26N4O/c1-18-7-9-19(10-8-18)16-27-24(29)21-11-12-26-23(15-21)28-14-13-25-22(17-28)20-5-3-2-4-6-20/h2-12,15,22,25H,13-14,16-17H2,1H3,(H,27,29)/t22-/m0/s1. The number of pyridine rings is 1. The number of benzene rings is 2. The summed E-state index contributed by atoms with van der Waals surface area (Å²) >= 11 is 0. The van der Waals surface area contributed by atoms with Crippen molar-refractivity contribution in [3.05, 3.63) is 95.2 Å². The third kappa shape index (κ3) is 4.81. The second kappa shape index (κ2) is 8.88. The molecule has 2 N–H and O–H groups in total. The first-order valence-corrected chi connectivity index (χ1v) is 10.0. The summed E-state index contributed by atoms with van der Waals surface area (Å²) < 4.78 is 0. The maximum Gasteiger partial charge on any atom is 0.251 e. The minimum absolute atomic E-state index is 0.0797. The molecule has 1 fully saturated rings. The summed E-state index contributed by atoms with van der Waals surface area (Å²) in [5, 5.41) is 6.57. The summed E-state index contributed by atoms with van der Waals surface area (Å²) in [6.45, 7) is 5.14. The molecule has 2 aromatic carbocycles. The fourth-order valence-electron chi connectivity index (χ4n) is 3.59. The molecule has 2 heterocycles. The lowest BCUT2D eigenvalue weighted by molar-refractivity contribution is 0.0951. The lowest BCUT2D eigenvalue weighted by atomic mass is 10.0. The van der Waals surface area contributed by atoms with Gasteiger partial charge in [-0.25, -0.2) is 4.98 Å². The van der Waals surface area contributed by atoms with Crippen LogP contribution < -0.4 is 15.5 Å². The van der Waals surface area contributed by atoms with Gasteiger partial charge in [0.25, 0.3) is 5.91 Å². The van der Waals surface area contributed by atoms with Crippen LogP contribution in [0, 0.1) is 6.92 Å². The van der Waals surface area contributed by atoms with Crippen LogP contribution in [-0.4, -0.2) is 30.5 Å². The molecule has 0 radical (unpaired) electrons. The summed E-state index contributed by atoms with van der Waals surface area (Å²) in [6.07, 6.45) is 1.72. The predicted octanol–water partition coefficient (Wildman–Crippen LogP) is 3.47. The maximum absolute atomic E-state index is 12.6. The van der Waals surface area contributed by atoms with E-state index in [1.165, 1.54) is 11.1 Å². The normalized spacial score (nSPS) is 16.4. The predicted molar refractivity (Wildman–Crippen MR) is 116 cm³/mol. The lowest BCUT2D eigenvalue weighted by Crippen LogP contribution is -2.46. The highest BCUT2D eigenvalue weighted by Gasteiger charge is 2.22. The molecule has 0 bridgehead atoms. The SMILES string of the molecule is Cc1ccc(CNC(=O)c2ccnc(N3CCN[C@H](c4ccccc4)C3)c2)cc1. The molecule has 1 aromatic heterocycles. The molecular weight excluding hydrogens is 360 g/mol. The van der Waals surface area contributed by atoms with Gasteiger partial charge in [0.05, 0.1) is 0 Å². The molecule has 0 spiro atoms. The van der Waals surface area contributed by atoms with Gasteiger partial charge in [0.2, 0.25) is 0 Å². The van der Waals surface area contributed by atoms with Gasteiger partial charge in [-0.05, 0) is 30.2 Å². The first kappa shape index (κ1) is 19.2. The Kier molecular flexibility index (Phi) is 5.86. The lowest BCUT2D eigenvalue weighted by Gasteiger charge is -2.34. The van der Waals surface area contributed by atoms with E-state index in [-0.39, 0.29) is 11.9 Å². The highest BCUT2D eigenvalue weighted by molar-refractivity contribution is 5.94. The van der Waals surface area contributed by atoms with Crippen molar-refractivity contribution in [2.75, 3.05) is 24.5 Å². The van der Waals surface area contributed by atoms with Crippen molar-refractivity contribution in [2.24, 2.45) is 0 Å². The first-order chi connectivity index (χ1) is 14.2. The van der Waals surface area contributed by atoms with Gasteiger partial charge in [-0.2, -0.15) is 0 Å². The van der Waals surface area contributed by atoms with Crippen molar-refractivity contribution in [3.63, 3.8) is 0 Å². The third-order valence-corrected chi connectivity index (χ3v) is 5.28. The quantitative estimate of drug-likeness (QED) is 0.705. The maximum atomic E-state index is 12.6. The number of rotatable bonds is 5. The van der Waals surface area contributed by atoms with Gasteiger partial charge < -0.3 is 15.5 Å². The Bertz CT molecular complexity index is 956. The summed E-state index contributed by atoms with van der Waals surface area (Å²) in [4.78, 5) is 19.4. The van der Waals surface area contributed by atoms with Gasteiger partial charge >= 0.3 is 0 Å². The number of aromatic nitrogens is 1. The number of carbonyl (C=O) groups is 1. The molecule has 29 heavy (non-hydrogen) atoms.